The number of amides is 1. The molecule has 1 aromatic heterocycles. The molecule has 0 aliphatic heterocycles. The van der Waals surface area contributed by atoms with E-state index in [0.29, 0.717) is 11.3 Å². The first-order valence-electron chi connectivity index (χ1n) is 7.87. The van der Waals surface area contributed by atoms with Crippen molar-refractivity contribution in [1.29, 1.82) is 0 Å². The van der Waals surface area contributed by atoms with Crippen LogP contribution in [-0.4, -0.2) is 23.6 Å². The van der Waals surface area contributed by atoms with Gasteiger partial charge in [0, 0.05) is 18.1 Å². The lowest BCUT2D eigenvalue weighted by Gasteiger charge is -2.10. The highest BCUT2D eigenvalue weighted by atomic mass is 16.5. The maximum Gasteiger partial charge on any atom is 0.339 e. The smallest absolute Gasteiger partial charge is 0.339 e. The number of methoxy groups -OCH3 is 1. The van der Waals surface area contributed by atoms with E-state index in [2.05, 4.69) is 5.32 Å². The summed E-state index contributed by atoms with van der Waals surface area (Å²) in [6.45, 7) is 0. The quantitative estimate of drug-likeness (QED) is 0.727. The monoisotopic (exact) mass is 334 g/mol. The highest BCUT2D eigenvalue weighted by Crippen LogP contribution is 2.17. The normalized spacial score (nSPS) is 10.3. The molecule has 0 fully saturated rings. The maximum absolute atomic E-state index is 12.3. The summed E-state index contributed by atoms with van der Waals surface area (Å²) in [6, 6.07) is 18.5. The SMILES string of the molecule is COC(=O)c1ccccc1NC(=O)Cc1ccc(-n2cccc2)cc1. The van der Waals surface area contributed by atoms with Gasteiger partial charge in [-0.3, -0.25) is 4.79 Å². The van der Waals surface area contributed by atoms with Gasteiger partial charge in [-0.25, -0.2) is 4.79 Å². The number of para-hydroxylation sites is 1. The maximum atomic E-state index is 12.3. The van der Waals surface area contributed by atoms with Crippen molar-refractivity contribution in [2.45, 2.75) is 6.42 Å². The molecule has 0 saturated heterocycles. The number of ether oxygens (including phenoxy) is 1. The minimum atomic E-state index is -0.480. The fourth-order valence-electron chi connectivity index (χ4n) is 2.55. The topological polar surface area (TPSA) is 60.3 Å². The van der Waals surface area contributed by atoms with Crippen LogP contribution in [0, 0.1) is 0 Å². The number of anilines is 1. The van der Waals surface area contributed by atoms with Crippen molar-refractivity contribution >= 4 is 17.6 Å². The standard InChI is InChI=1S/C20H18N2O3/c1-25-20(24)17-6-2-3-7-18(17)21-19(23)14-15-8-10-16(11-9-15)22-12-4-5-13-22/h2-13H,14H2,1H3,(H,21,23). The molecule has 1 heterocycles. The van der Waals surface area contributed by atoms with E-state index in [1.165, 1.54) is 7.11 Å². The average Bonchev–Trinajstić information content (AvgIpc) is 3.17. The number of nitrogens with zero attached hydrogens (tertiary/aromatic N) is 1. The van der Waals surface area contributed by atoms with Crippen LogP contribution in [0.4, 0.5) is 5.69 Å². The summed E-state index contributed by atoms with van der Waals surface area (Å²) in [6.07, 6.45) is 4.15. The van der Waals surface area contributed by atoms with Crippen molar-refractivity contribution in [1.82, 2.24) is 4.57 Å². The predicted octanol–water partition coefficient (Wildman–Crippen LogP) is 3.45. The average molecular weight is 334 g/mol. The number of carbonyl (C=O) groups excluding carboxylic acids is 2. The summed E-state index contributed by atoms with van der Waals surface area (Å²) >= 11 is 0. The third kappa shape index (κ3) is 3.95. The molecule has 5 nitrogen and oxygen atoms in total. The number of hydrogen-bond acceptors (Lipinski definition) is 3. The number of rotatable bonds is 5. The Kier molecular flexibility index (Phi) is 4.95. The summed E-state index contributed by atoms with van der Waals surface area (Å²) in [4.78, 5) is 24.0. The first-order valence-corrected chi connectivity index (χ1v) is 7.87. The molecule has 25 heavy (non-hydrogen) atoms. The first kappa shape index (κ1) is 16.5. The molecule has 0 spiro atoms. The molecule has 0 bridgehead atoms. The van der Waals surface area contributed by atoms with Crippen LogP contribution < -0.4 is 5.32 Å². The summed E-state index contributed by atoms with van der Waals surface area (Å²) in [7, 11) is 1.31. The van der Waals surface area contributed by atoms with Crippen LogP contribution in [0.5, 0.6) is 0 Å². The van der Waals surface area contributed by atoms with E-state index in [0.717, 1.165) is 11.3 Å². The largest absolute Gasteiger partial charge is 0.465 e. The predicted molar refractivity (Wildman–Crippen MR) is 95.9 cm³/mol. The van der Waals surface area contributed by atoms with Gasteiger partial charge in [0.05, 0.1) is 24.8 Å². The van der Waals surface area contributed by atoms with Gasteiger partial charge in [-0.15, -0.1) is 0 Å². The van der Waals surface area contributed by atoms with Gasteiger partial charge < -0.3 is 14.6 Å². The van der Waals surface area contributed by atoms with E-state index in [1.807, 2.05) is 53.4 Å². The Morgan fingerprint density at radius 1 is 0.960 bits per heavy atom. The molecule has 0 aliphatic rings. The van der Waals surface area contributed by atoms with E-state index < -0.39 is 5.97 Å². The molecule has 3 aromatic rings. The first-order chi connectivity index (χ1) is 12.2. The van der Waals surface area contributed by atoms with Crippen LogP contribution in [0.25, 0.3) is 5.69 Å². The van der Waals surface area contributed by atoms with Gasteiger partial charge in [0.1, 0.15) is 0 Å². The van der Waals surface area contributed by atoms with Gasteiger partial charge in [0.15, 0.2) is 0 Å². The zero-order chi connectivity index (χ0) is 17.6. The van der Waals surface area contributed by atoms with Gasteiger partial charge >= 0.3 is 5.97 Å². The van der Waals surface area contributed by atoms with Crippen molar-refractivity contribution in [3.8, 4) is 5.69 Å². The van der Waals surface area contributed by atoms with Crippen molar-refractivity contribution in [2.75, 3.05) is 12.4 Å². The number of benzene rings is 2. The highest BCUT2D eigenvalue weighted by Gasteiger charge is 2.13. The fourth-order valence-corrected chi connectivity index (χ4v) is 2.55. The molecular formula is C20H18N2O3. The van der Waals surface area contributed by atoms with Gasteiger partial charge in [-0.05, 0) is 42.0 Å². The van der Waals surface area contributed by atoms with Crippen LogP contribution in [-0.2, 0) is 16.0 Å². The van der Waals surface area contributed by atoms with Crippen LogP contribution in [0.2, 0.25) is 0 Å². The third-order valence-corrected chi connectivity index (χ3v) is 3.81. The molecule has 1 N–H and O–H groups in total. The second-order valence-corrected chi connectivity index (χ2v) is 5.52. The summed E-state index contributed by atoms with van der Waals surface area (Å²) in [5, 5.41) is 2.77. The number of esters is 1. The van der Waals surface area contributed by atoms with Crippen LogP contribution in [0.3, 0.4) is 0 Å². The zero-order valence-corrected chi connectivity index (χ0v) is 13.8. The van der Waals surface area contributed by atoms with Crippen LogP contribution >= 0.6 is 0 Å². The minimum Gasteiger partial charge on any atom is -0.465 e. The van der Waals surface area contributed by atoms with Crippen LogP contribution in [0.1, 0.15) is 15.9 Å². The summed E-state index contributed by atoms with van der Waals surface area (Å²) in [5.41, 5.74) is 2.71. The lowest BCUT2D eigenvalue weighted by atomic mass is 10.1. The number of aromatic nitrogens is 1. The molecule has 5 heteroatoms. The van der Waals surface area contributed by atoms with E-state index in [9.17, 15) is 9.59 Å². The van der Waals surface area contributed by atoms with Gasteiger partial charge in [0.2, 0.25) is 5.91 Å². The number of hydrogen-bond donors (Lipinski definition) is 1. The summed E-state index contributed by atoms with van der Waals surface area (Å²) < 4.78 is 6.73. The molecule has 2 aromatic carbocycles. The molecule has 3 rings (SSSR count). The van der Waals surface area contributed by atoms with E-state index in [4.69, 9.17) is 4.74 Å². The second kappa shape index (κ2) is 7.49. The number of carbonyl (C=O) groups is 2. The molecule has 0 saturated carbocycles. The Morgan fingerprint density at radius 2 is 1.64 bits per heavy atom. The lowest BCUT2D eigenvalue weighted by molar-refractivity contribution is -0.115. The molecule has 1 amide bonds. The molecule has 0 atom stereocenters. The van der Waals surface area contributed by atoms with Crippen molar-refractivity contribution in [3.05, 3.63) is 84.2 Å². The van der Waals surface area contributed by atoms with E-state index in [1.54, 1.807) is 24.3 Å². The van der Waals surface area contributed by atoms with Gasteiger partial charge in [-0.2, -0.15) is 0 Å². The Hall–Kier alpha value is -3.34. The second-order valence-electron chi connectivity index (χ2n) is 5.52. The van der Waals surface area contributed by atoms with Crippen molar-refractivity contribution < 1.29 is 14.3 Å². The Balaban J connectivity index is 1.68. The molecule has 0 aliphatic carbocycles. The molecular weight excluding hydrogens is 316 g/mol. The third-order valence-electron chi connectivity index (χ3n) is 3.81. The van der Waals surface area contributed by atoms with E-state index in [-0.39, 0.29) is 12.3 Å². The Labute approximate surface area is 145 Å². The fraction of sp³-hybridized carbons (Fsp3) is 0.100. The van der Waals surface area contributed by atoms with Crippen molar-refractivity contribution in [3.63, 3.8) is 0 Å². The number of nitrogens with one attached hydrogen (secondary N) is 1. The summed E-state index contributed by atoms with van der Waals surface area (Å²) in [5.74, 6) is -0.669. The highest BCUT2D eigenvalue weighted by molar-refractivity contribution is 6.01. The van der Waals surface area contributed by atoms with Crippen LogP contribution in [0.15, 0.2) is 73.1 Å². The van der Waals surface area contributed by atoms with Crippen molar-refractivity contribution in [2.24, 2.45) is 0 Å². The minimum absolute atomic E-state index is 0.190. The molecule has 0 radical (unpaired) electrons. The Bertz CT molecular complexity index is 868. The van der Waals surface area contributed by atoms with Gasteiger partial charge in [0.25, 0.3) is 0 Å². The zero-order valence-electron chi connectivity index (χ0n) is 13.8. The van der Waals surface area contributed by atoms with E-state index >= 15 is 0 Å². The lowest BCUT2D eigenvalue weighted by Crippen LogP contribution is -2.17. The molecule has 0 unspecified atom stereocenters. The molecule has 126 valence electrons. The van der Waals surface area contributed by atoms with Gasteiger partial charge in [-0.1, -0.05) is 24.3 Å². The Morgan fingerprint density at radius 3 is 2.32 bits per heavy atom.